The molecule has 0 bridgehead atoms. The van der Waals surface area contributed by atoms with Gasteiger partial charge >= 0.3 is 6.03 Å². The van der Waals surface area contributed by atoms with Crippen LogP contribution in [-0.4, -0.2) is 22.4 Å². The van der Waals surface area contributed by atoms with Gasteiger partial charge in [-0.05, 0) is 18.4 Å². The van der Waals surface area contributed by atoms with Crippen molar-refractivity contribution in [3.63, 3.8) is 0 Å². The van der Waals surface area contributed by atoms with Crippen LogP contribution in [0, 0.1) is 0 Å². The molecule has 0 saturated carbocycles. The molecule has 0 saturated heterocycles. The van der Waals surface area contributed by atoms with Crippen molar-refractivity contribution in [2.75, 3.05) is 17.2 Å². The largest absolute Gasteiger partial charge is 0.360 e. The Hall–Kier alpha value is -2.86. The first-order chi connectivity index (χ1) is 11.3. The summed E-state index contributed by atoms with van der Waals surface area (Å²) in [5.74, 6) is 0. The Morgan fingerprint density at radius 3 is 2.87 bits per heavy atom. The standard InChI is InChI=1S/C17H18N4O2/c1-2-23-12-21-11-14(10-18-21)19-17(22)20-16-9-5-7-13-6-3-4-8-15(13)16/h3-11H,2,12H2,1H3,(H2,19,20,22). The zero-order chi connectivity index (χ0) is 16.1. The number of nitrogens with one attached hydrogen (secondary N) is 2. The third-order valence-electron chi connectivity index (χ3n) is 3.36. The lowest BCUT2D eigenvalue weighted by atomic mass is 10.1. The van der Waals surface area contributed by atoms with E-state index in [-0.39, 0.29) is 6.03 Å². The third-order valence-corrected chi connectivity index (χ3v) is 3.36. The molecule has 0 aliphatic heterocycles. The third kappa shape index (κ3) is 3.67. The molecular weight excluding hydrogens is 292 g/mol. The minimum absolute atomic E-state index is 0.308. The maximum absolute atomic E-state index is 12.2. The Morgan fingerprint density at radius 2 is 2.00 bits per heavy atom. The molecule has 2 N–H and O–H groups in total. The van der Waals surface area contributed by atoms with Crippen LogP contribution in [0.15, 0.2) is 54.9 Å². The smallest absolute Gasteiger partial charge is 0.323 e. The van der Waals surface area contributed by atoms with E-state index in [1.807, 2.05) is 49.4 Å². The highest BCUT2D eigenvalue weighted by Crippen LogP contribution is 2.23. The summed E-state index contributed by atoms with van der Waals surface area (Å²) in [7, 11) is 0. The highest BCUT2D eigenvalue weighted by molar-refractivity contribution is 6.06. The van der Waals surface area contributed by atoms with Crippen LogP contribution in [0.25, 0.3) is 10.8 Å². The molecule has 6 nitrogen and oxygen atoms in total. The van der Waals surface area contributed by atoms with Crippen LogP contribution in [0.5, 0.6) is 0 Å². The van der Waals surface area contributed by atoms with Crippen molar-refractivity contribution >= 4 is 28.2 Å². The van der Waals surface area contributed by atoms with Gasteiger partial charge < -0.3 is 15.4 Å². The predicted molar refractivity (Wildman–Crippen MR) is 90.4 cm³/mol. The summed E-state index contributed by atoms with van der Waals surface area (Å²) in [4.78, 5) is 12.2. The first kappa shape index (κ1) is 15.1. The van der Waals surface area contributed by atoms with E-state index >= 15 is 0 Å². The summed E-state index contributed by atoms with van der Waals surface area (Å²) < 4.78 is 6.88. The zero-order valence-corrected chi connectivity index (χ0v) is 12.8. The van der Waals surface area contributed by atoms with Gasteiger partial charge in [-0.25, -0.2) is 9.48 Å². The van der Waals surface area contributed by atoms with Crippen LogP contribution >= 0.6 is 0 Å². The minimum Gasteiger partial charge on any atom is -0.360 e. The number of aromatic nitrogens is 2. The molecule has 0 atom stereocenters. The molecule has 3 rings (SSSR count). The van der Waals surface area contributed by atoms with Gasteiger partial charge in [-0.3, -0.25) is 0 Å². The number of nitrogens with zero attached hydrogens (tertiary/aromatic N) is 2. The molecule has 0 aliphatic carbocycles. The van der Waals surface area contributed by atoms with Crippen molar-refractivity contribution in [3.8, 4) is 0 Å². The highest BCUT2D eigenvalue weighted by Gasteiger charge is 2.07. The van der Waals surface area contributed by atoms with Crippen molar-refractivity contribution in [3.05, 3.63) is 54.9 Å². The molecule has 3 aromatic rings. The van der Waals surface area contributed by atoms with Crippen LogP contribution in [-0.2, 0) is 11.5 Å². The molecule has 0 radical (unpaired) electrons. The molecule has 6 heteroatoms. The van der Waals surface area contributed by atoms with E-state index in [1.165, 1.54) is 0 Å². The second-order valence-corrected chi connectivity index (χ2v) is 5.00. The number of carbonyl (C=O) groups is 1. The first-order valence-corrected chi connectivity index (χ1v) is 7.42. The van der Waals surface area contributed by atoms with Crippen LogP contribution in [0.1, 0.15) is 6.92 Å². The minimum atomic E-state index is -0.308. The van der Waals surface area contributed by atoms with E-state index in [0.717, 1.165) is 16.5 Å². The molecule has 118 valence electrons. The highest BCUT2D eigenvalue weighted by atomic mass is 16.5. The Morgan fingerprint density at radius 1 is 1.17 bits per heavy atom. The second-order valence-electron chi connectivity index (χ2n) is 5.00. The molecule has 1 aromatic heterocycles. The number of benzene rings is 2. The lowest BCUT2D eigenvalue weighted by molar-refractivity contribution is 0.0792. The van der Waals surface area contributed by atoms with Gasteiger partial charge in [-0.1, -0.05) is 36.4 Å². The molecule has 0 unspecified atom stereocenters. The summed E-state index contributed by atoms with van der Waals surface area (Å²) in [6.45, 7) is 2.90. The lowest BCUT2D eigenvalue weighted by Crippen LogP contribution is -2.19. The molecule has 0 spiro atoms. The average Bonchev–Trinajstić information content (AvgIpc) is 3.00. The topological polar surface area (TPSA) is 68.2 Å². The number of urea groups is 1. The quantitative estimate of drug-likeness (QED) is 0.755. The van der Waals surface area contributed by atoms with Crippen LogP contribution in [0.2, 0.25) is 0 Å². The zero-order valence-electron chi connectivity index (χ0n) is 12.8. The fourth-order valence-electron chi connectivity index (χ4n) is 2.30. The molecule has 0 aliphatic rings. The van der Waals surface area contributed by atoms with Gasteiger partial charge in [0, 0.05) is 12.0 Å². The molecule has 0 fully saturated rings. The van der Waals surface area contributed by atoms with E-state index in [9.17, 15) is 4.79 Å². The normalized spacial score (nSPS) is 10.7. The van der Waals surface area contributed by atoms with Gasteiger partial charge in [0.25, 0.3) is 0 Å². The molecular formula is C17H18N4O2. The lowest BCUT2D eigenvalue weighted by Gasteiger charge is -2.09. The fourth-order valence-corrected chi connectivity index (χ4v) is 2.30. The van der Waals surface area contributed by atoms with Crippen molar-refractivity contribution in [2.45, 2.75) is 13.7 Å². The Balaban J connectivity index is 1.68. The van der Waals surface area contributed by atoms with Gasteiger partial charge in [0.1, 0.15) is 6.73 Å². The van der Waals surface area contributed by atoms with Gasteiger partial charge in [0.2, 0.25) is 0 Å². The number of ether oxygens (including phenoxy) is 1. The maximum atomic E-state index is 12.2. The first-order valence-electron chi connectivity index (χ1n) is 7.42. The SMILES string of the molecule is CCOCn1cc(NC(=O)Nc2cccc3ccccc23)cn1. The van der Waals surface area contributed by atoms with E-state index in [4.69, 9.17) is 4.74 Å². The Labute approximate surface area is 134 Å². The Kier molecular flexibility index (Phi) is 4.54. The molecule has 23 heavy (non-hydrogen) atoms. The number of anilines is 2. The van der Waals surface area contributed by atoms with E-state index in [2.05, 4.69) is 15.7 Å². The van der Waals surface area contributed by atoms with Gasteiger partial charge in [-0.2, -0.15) is 5.10 Å². The van der Waals surface area contributed by atoms with Crippen molar-refractivity contribution in [2.24, 2.45) is 0 Å². The van der Waals surface area contributed by atoms with E-state index in [0.29, 0.717) is 19.0 Å². The van der Waals surface area contributed by atoms with Gasteiger partial charge in [0.15, 0.2) is 0 Å². The summed E-state index contributed by atoms with van der Waals surface area (Å²) >= 11 is 0. The number of fused-ring (bicyclic) bond motifs is 1. The second kappa shape index (κ2) is 6.93. The number of rotatable bonds is 5. The van der Waals surface area contributed by atoms with Gasteiger partial charge in [0.05, 0.1) is 23.8 Å². The number of hydrogen-bond donors (Lipinski definition) is 2. The summed E-state index contributed by atoms with van der Waals surface area (Å²) in [5.41, 5.74) is 1.38. The number of hydrogen-bond acceptors (Lipinski definition) is 3. The summed E-state index contributed by atoms with van der Waals surface area (Å²) in [6, 6.07) is 13.4. The monoisotopic (exact) mass is 310 g/mol. The van der Waals surface area contributed by atoms with Gasteiger partial charge in [-0.15, -0.1) is 0 Å². The molecule has 1 heterocycles. The van der Waals surface area contributed by atoms with Crippen LogP contribution in [0.3, 0.4) is 0 Å². The van der Waals surface area contributed by atoms with Crippen molar-refractivity contribution in [1.82, 2.24) is 9.78 Å². The predicted octanol–water partition coefficient (Wildman–Crippen LogP) is 3.67. The van der Waals surface area contributed by atoms with E-state index in [1.54, 1.807) is 17.1 Å². The number of carbonyl (C=O) groups excluding carboxylic acids is 1. The Bertz CT molecular complexity index is 808. The van der Waals surface area contributed by atoms with Crippen molar-refractivity contribution in [1.29, 1.82) is 0 Å². The summed E-state index contributed by atoms with van der Waals surface area (Å²) in [6.07, 6.45) is 3.31. The van der Waals surface area contributed by atoms with Crippen LogP contribution in [0.4, 0.5) is 16.2 Å². The van der Waals surface area contributed by atoms with Crippen molar-refractivity contribution < 1.29 is 9.53 Å². The fraction of sp³-hybridized carbons (Fsp3) is 0.176. The summed E-state index contributed by atoms with van der Waals surface area (Å²) in [5, 5.41) is 11.8. The molecule has 2 amide bonds. The average molecular weight is 310 g/mol. The van der Waals surface area contributed by atoms with E-state index < -0.39 is 0 Å². The maximum Gasteiger partial charge on any atom is 0.323 e. The molecule has 2 aromatic carbocycles. The van der Waals surface area contributed by atoms with Crippen LogP contribution < -0.4 is 10.6 Å². The number of amides is 2.